The molecule has 1 amide bonds. The zero-order chi connectivity index (χ0) is 24.0. The van der Waals surface area contributed by atoms with Gasteiger partial charge in [-0.25, -0.2) is 8.42 Å². The highest BCUT2D eigenvalue weighted by molar-refractivity contribution is 7.91. The number of sulfonamides is 1. The summed E-state index contributed by atoms with van der Waals surface area (Å²) in [5, 5.41) is 2.98. The van der Waals surface area contributed by atoms with Crippen LogP contribution >= 0.6 is 11.3 Å². The number of nitrogens with one attached hydrogen (secondary N) is 1. The van der Waals surface area contributed by atoms with Crippen molar-refractivity contribution in [3.05, 3.63) is 88.3 Å². The van der Waals surface area contributed by atoms with Crippen LogP contribution in [-0.2, 0) is 39.3 Å². The molecule has 0 spiro atoms. The van der Waals surface area contributed by atoms with E-state index in [0.29, 0.717) is 43.4 Å². The molecule has 1 atom stereocenters. The van der Waals surface area contributed by atoms with Crippen LogP contribution < -0.4 is 5.32 Å². The summed E-state index contributed by atoms with van der Waals surface area (Å²) in [7, 11) is -3.55. The molecule has 0 aliphatic carbocycles. The molecule has 0 unspecified atom stereocenters. The van der Waals surface area contributed by atoms with E-state index in [1.807, 2.05) is 67.6 Å². The van der Waals surface area contributed by atoms with Crippen molar-refractivity contribution in [2.75, 3.05) is 13.1 Å². The second kappa shape index (κ2) is 11.3. The molecule has 0 saturated carbocycles. The number of carbonyl (C=O) groups is 1. The minimum Gasteiger partial charge on any atom is -0.372 e. The molecule has 4 rings (SSSR count). The first kappa shape index (κ1) is 24.6. The molecule has 2 aromatic carbocycles. The zero-order valence-corrected chi connectivity index (χ0v) is 20.9. The van der Waals surface area contributed by atoms with Crippen molar-refractivity contribution in [3.63, 3.8) is 0 Å². The SMILES string of the molecule is Cc1ccc(S(=O)(=O)N2CCC[C@@H](C(=O)NCc3ccc(COCc4ccccc4)cc3)C2)s1. The normalized spacial score (nSPS) is 16.9. The van der Waals surface area contributed by atoms with Crippen molar-refractivity contribution in [3.8, 4) is 0 Å². The Morgan fingerprint density at radius 3 is 2.35 bits per heavy atom. The van der Waals surface area contributed by atoms with Gasteiger partial charge < -0.3 is 10.1 Å². The fraction of sp³-hybridized carbons (Fsp3) is 0.346. The average molecular weight is 499 g/mol. The van der Waals surface area contributed by atoms with Crippen molar-refractivity contribution < 1.29 is 17.9 Å². The van der Waals surface area contributed by atoms with Gasteiger partial charge in [-0.3, -0.25) is 4.79 Å². The van der Waals surface area contributed by atoms with E-state index in [9.17, 15) is 13.2 Å². The largest absolute Gasteiger partial charge is 0.372 e. The fourth-order valence-electron chi connectivity index (χ4n) is 4.00. The van der Waals surface area contributed by atoms with E-state index >= 15 is 0 Å². The Labute approximate surface area is 205 Å². The van der Waals surface area contributed by atoms with E-state index in [4.69, 9.17) is 4.74 Å². The summed E-state index contributed by atoms with van der Waals surface area (Å²) in [6.07, 6.45) is 1.37. The maximum Gasteiger partial charge on any atom is 0.252 e. The van der Waals surface area contributed by atoms with Gasteiger partial charge >= 0.3 is 0 Å². The Morgan fingerprint density at radius 2 is 1.68 bits per heavy atom. The highest BCUT2D eigenvalue weighted by Gasteiger charge is 2.33. The maximum atomic E-state index is 12.9. The summed E-state index contributed by atoms with van der Waals surface area (Å²) in [5.74, 6) is -0.437. The molecule has 1 N–H and O–H groups in total. The molecule has 8 heteroatoms. The molecule has 1 saturated heterocycles. The highest BCUT2D eigenvalue weighted by Crippen LogP contribution is 2.28. The van der Waals surface area contributed by atoms with E-state index in [-0.39, 0.29) is 18.4 Å². The topological polar surface area (TPSA) is 75.7 Å². The average Bonchev–Trinajstić information content (AvgIpc) is 3.31. The van der Waals surface area contributed by atoms with Crippen molar-refractivity contribution in [1.29, 1.82) is 0 Å². The van der Waals surface area contributed by atoms with E-state index < -0.39 is 10.0 Å². The van der Waals surface area contributed by atoms with Crippen LogP contribution in [0, 0.1) is 12.8 Å². The van der Waals surface area contributed by atoms with Gasteiger partial charge in [-0.1, -0.05) is 54.6 Å². The standard InChI is InChI=1S/C26H30N2O4S2/c1-20-9-14-25(33-20)34(30,31)28-15-5-8-24(17-28)26(29)27-16-21-10-12-23(13-11-21)19-32-18-22-6-3-2-4-7-22/h2-4,6-7,9-14,24H,5,8,15-19H2,1H3,(H,27,29)/t24-/m1/s1. The fourth-order valence-corrected chi connectivity index (χ4v) is 6.96. The summed E-state index contributed by atoms with van der Waals surface area (Å²) in [5.41, 5.74) is 3.21. The first-order valence-corrected chi connectivity index (χ1v) is 13.7. The predicted molar refractivity (Wildman–Crippen MR) is 134 cm³/mol. The Hall–Kier alpha value is -2.52. The number of hydrogen-bond acceptors (Lipinski definition) is 5. The molecule has 1 aromatic heterocycles. The summed E-state index contributed by atoms with van der Waals surface area (Å²) in [6.45, 7) is 4.08. The zero-order valence-electron chi connectivity index (χ0n) is 19.3. The van der Waals surface area contributed by atoms with Gasteiger partial charge in [-0.2, -0.15) is 4.31 Å². The number of benzene rings is 2. The van der Waals surface area contributed by atoms with Crippen LogP contribution in [0.25, 0.3) is 0 Å². The molecule has 180 valence electrons. The quantitative estimate of drug-likeness (QED) is 0.472. The number of ether oxygens (including phenoxy) is 1. The minimum absolute atomic E-state index is 0.0995. The number of carbonyl (C=O) groups excluding carboxylic acids is 1. The van der Waals surface area contributed by atoms with Gasteiger partial charge in [0.2, 0.25) is 5.91 Å². The second-order valence-corrected chi connectivity index (χ2v) is 12.0. The molecule has 0 radical (unpaired) electrons. The van der Waals surface area contributed by atoms with Crippen molar-refractivity contribution >= 4 is 27.3 Å². The summed E-state index contributed by atoms with van der Waals surface area (Å²) < 4.78 is 33.4. The Bertz CT molecular complexity index is 1190. The lowest BCUT2D eigenvalue weighted by Crippen LogP contribution is -2.45. The van der Waals surface area contributed by atoms with Crippen molar-refractivity contribution in [1.82, 2.24) is 9.62 Å². The van der Waals surface area contributed by atoms with Gasteiger partial charge in [0, 0.05) is 24.5 Å². The number of hydrogen-bond donors (Lipinski definition) is 1. The van der Waals surface area contributed by atoms with Gasteiger partial charge in [0.15, 0.2) is 0 Å². The van der Waals surface area contributed by atoms with Crippen LogP contribution in [0.5, 0.6) is 0 Å². The smallest absolute Gasteiger partial charge is 0.252 e. The van der Waals surface area contributed by atoms with Gasteiger partial charge in [-0.15, -0.1) is 11.3 Å². The van der Waals surface area contributed by atoms with Crippen molar-refractivity contribution in [2.24, 2.45) is 5.92 Å². The lowest BCUT2D eigenvalue weighted by atomic mass is 9.98. The Balaban J connectivity index is 1.25. The van der Waals surface area contributed by atoms with Gasteiger partial charge in [0.1, 0.15) is 4.21 Å². The van der Waals surface area contributed by atoms with E-state index in [1.54, 1.807) is 6.07 Å². The van der Waals surface area contributed by atoms with E-state index in [0.717, 1.165) is 21.6 Å². The molecule has 34 heavy (non-hydrogen) atoms. The van der Waals surface area contributed by atoms with Crippen LogP contribution in [0.15, 0.2) is 70.9 Å². The van der Waals surface area contributed by atoms with Crippen LogP contribution in [-0.4, -0.2) is 31.7 Å². The number of aryl methyl sites for hydroxylation is 1. The van der Waals surface area contributed by atoms with Gasteiger partial charge in [0.05, 0.1) is 19.1 Å². The number of amides is 1. The lowest BCUT2D eigenvalue weighted by Gasteiger charge is -2.30. The molecule has 1 aliphatic rings. The molecule has 6 nitrogen and oxygen atoms in total. The third-order valence-electron chi connectivity index (χ3n) is 5.93. The minimum atomic E-state index is -3.55. The van der Waals surface area contributed by atoms with Crippen LogP contribution in [0.4, 0.5) is 0 Å². The van der Waals surface area contributed by atoms with Gasteiger partial charge in [0.25, 0.3) is 10.0 Å². The Morgan fingerprint density at radius 1 is 1.00 bits per heavy atom. The summed E-state index contributed by atoms with van der Waals surface area (Å²) in [6, 6.07) is 21.5. The molecule has 1 fully saturated rings. The first-order valence-electron chi connectivity index (χ1n) is 11.5. The third kappa shape index (κ3) is 6.33. The van der Waals surface area contributed by atoms with Gasteiger partial charge in [-0.05, 0) is 48.6 Å². The van der Waals surface area contributed by atoms with E-state index in [1.165, 1.54) is 15.6 Å². The maximum absolute atomic E-state index is 12.9. The predicted octanol–water partition coefficient (Wildman–Crippen LogP) is 4.49. The van der Waals surface area contributed by atoms with Crippen LogP contribution in [0.3, 0.4) is 0 Å². The van der Waals surface area contributed by atoms with Crippen LogP contribution in [0.2, 0.25) is 0 Å². The van der Waals surface area contributed by atoms with E-state index in [2.05, 4.69) is 5.32 Å². The molecule has 1 aliphatic heterocycles. The second-order valence-electron chi connectivity index (χ2n) is 8.58. The summed E-state index contributed by atoms with van der Waals surface area (Å²) >= 11 is 1.27. The Kier molecular flexibility index (Phi) is 8.15. The van der Waals surface area contributed by atoms with Crippen molar-refractivity contribution in [2.45, 2.75) is 43.7 Å². The third-order valence-corrected chi connectivity index (χ3v) is 9.27. The molecule has 3 aromatic rings. The van der Waals surface area contributed by atoms with Crippen LogP contribution in [0.1, 0.15) is 34.4 Å². The monoisotopic (exact) mass is 498 g/mol. The molecular formula is C26H30N2O4S2. The number of rotatable bonds is 9. The molecule has 2 heterocycles. The highest BCUT2D eigenvalue weighted by atomic mass is 32.2. The number of piperidine rings is 1. The molecule has 0 bridgehead atoms. The summed E-state index contributed by atoms with van der Waals surface area (Å²) in [4.78, 5) is 13.7. The number of nitrogens with zero attached hydrogens (tertiary/aromatic N) is 1. The first-order chi connectivity index (χ1) is 16.4. The number of thiophene rings is 1. The lowest BCUT2D eigenvalue weighted by molar-refractivity contribution is -0.126. The molecular weight excluding hydrogens is 468 g/mol.